The van der Waals surface area contributed by atoms with Crippen LogP contribution in [0.25, 0.3) is 6.08 Å². The van der Waals surface area contributed by atoms with Gasteiger partial charge in [-0.3, -0.25) is 4.79 Å². The molecule has 1 aromatic carbocycles. The van der Waals surface area contributed by atoms with Crippen molar-refractivity contribution in [2.75, 3.05) is 13.7 Å². The maximum absolute atomic E-state index is 11.1. The molecule has 0 aliphatic heterocycles. The fourth-order valence-corrected chi connectivity index (χ4v) is 1.40. The highest BCUT2D eigenvalue weighted by molar-refractivity contribution is 9.10. The Morgan fingerprint density at radius 1 is 1.50 bits per heavy atom. The lowest BCUT2D eigenvalue weighted by atomic mass is 10.2. The van der Waals surface area contributed by atoms with Crippen molar-refractivity contribution in [1.82, 2.24) is 0 Å². The number of carbonyl (C=O) groups is 1. The molecule has 0 amide bonds. The van der Waals surface area contributed by atoms with Crippen molar-refractivity contribution in [3.05, 3.63) is 40.4 Å². The first-order valence-electron chi connectivity index (χ1n) is 4.18. The van der Waals surface area contributed by atoms with Crippen molar-refractivity contribution in [2.24, 2.45) is 0 Å². The predicted molar refractivity (Wildman–Crippen MR) is 60.1 cm³/mol. The van der Waals surface area contributed by atoms with E-state index < -0.39 is 0 Å². The van der Waals surface area contributed by atoms with E-state index in [0.29, 0.717) is 0 Å². The molecule has 0 aliphatic rings. The van der Waals surface area contributed by atoms with Gasteiger partial charge in [0.15, 0.2) is 5.78 Å². The molecule has 0 N–H and O–H groups in total. The van der Waals surface area contributed by atoms with Gasteiger partial charge >= 0.3 is 0 Å². The van der Waals surface area contributed by atoms with Crippen LogP contribution in [-0.4, -0.2) is 19.5 Å². The van der Waals surface area contributed by atoms with Gasteiger partial charge in [-0.15, -0.1) is 0 Å². The molecular formula is C11H11BrO2. The van der Waals surface area contributed by atoms with Crippen LogP contribution >= 0.6 is 15.9 Å². The number of rotatable bonds is 4. The minimum Gasteiger partial charge on any atom is -0.377 e. The molecule has 0 fully saturated rings. The Morgan fingerprint density at radius 3 is 2.86 bits per heavy atom. The molecule has 0 radical (unpaired) electrons. The Labute approximate surface area is 91.7 Å². The second kappa shape index (κ2) is 5.73. The predicted octanol–water partition coefficient (Wildman–Crippen LogP) is 2.68. The van der Waals surface area contributed by atoms with Crippen LogP contribution in [0.1, 0.15) is 5.56 Å². The summed E-state index contributed by atoms with van der Waals surface area (Å²) in [5, 5.41) is 0. The first-order chi connectivity index (χ1) is 6.74. The van der Waals surface area contributed by atoms with Crippen LogP contribution in [0.4, 0.5) is 0 Å². The van der Waals surface area contributed by atoms with Crippen molar-refractivity contribution in [3.8, 4) is 0 Å². The molecule has 1 rings (SSSR count). The van der Waals surface area contributed by atoms with Crippen LogP contribution in [0.5, 0.6) is 0 Å². The Morgan fingerprint density at radius 2 is 2.21 bits per heavy atom. The first-order valence-corrected chi connectivity index (χ1v) is 4.97. The number of halogens is 1. The quantitative estimate of drug-likeness (QED) is 0.773. The largest absolute Gasteiger partial charge is 0.377 e. The van der Waals surface area contributed by atoms with Crippen molar-refractivity contribution < 1.29 is 9.53 Å². The third-order valence-electron chi connectivity index (χ3n) is 1.64. The number of ether oxygens (including phenoxy) is 1. The van der Waals surface area contributed by atoms with Gasteiger partial charge < -0.3 is 4.74 Å². The van der Waals surface area contributed by atoms with Gasteiger partial charge in [-0.2, -0.15) is 0 Å². The summed E-state index contributed by atoms with van der Waals surface area (Å²) in [7, 11) is 1.50. The van der Waals surface area contributed by atoms with E-state index in [1.165, 1.54) is 13.2 Å². The van der Waals surface area contributed by atoms with Crippen LogP contribution in [0.2, 0.25) is 0 Å². The normalized spacial score (nSPS) is 10.7. The van der Waals surface area contributed by atoms with Crippen LogP contribution in [-0.2, 0) is 9.53 Å². The summed E-state index contributed by atoms with van der Waals surface area (Å²) in [6.45, 7) is 0.126. The van der Waals surface area contributed by atoms with Gasteiger partial charge in [0, 0.05) is 11.6 Å². The van der Waals surface area contributed by atoms with Gasteiger partial charge in [-0.05, 0) is 17.7 Å². The van der Waals surface area contributed by atoms with E-state index in [0.717, 1.165) is 10.0 Å². The second-order valence-electron chi connectivity index (χ2n) is 2.75. The third-order valence-corrected chi connectivity index (χ3v) is 2.36. The van der Waals surface area contributed by atoms with Gasteiger partial charge in [0.05, 0.1) is 0 Å². The second-order valence-corrected chi connectivity index (χ2v) is 3.61. The molecule has 0 bridgehead atoms. The highest BCUT2D eigenvalue weighted by Crippen LogP contribution is 2.16. The zero-order chi connectivity index (χ0) is 10.4. The lowest BCUT2D eigenvalue weighted by Crippen LogP contribution is -2.01. The minimum absolute atomic E-state index is 0.0387. The smallest absolute Gasteiger partial charge is 0.181 e. The number of hydrogen-bond acceptors (Lipinski definition) is 2. The summed E-state index contributed by atoms with van der Waals surface area (Å²) < 4.78 is 5.68. The summed E-state index contributed by atoms with van der Waals surface area (Å²) in [4.78, 5) is 11.1. The van der Waals surface area contributed by atoms with Gasteiger partial charge in [0.2, 0.25) is 0 Å². The molecular weight excluding hydrogens is 244 g/mol. The molecule has 1 aromatic rings. The average Bonchev–Trinajstić information content (AvgIpc) is 2.17. The van der Waals surface area contributed by atoms with E-state index in [1.54, 1.807) is 6.08 Å². The Hall–Kier alpha value is -0.930. The molecule has 2 nitrogen and oxygen atoms in total. The topological polar surface area (TPSA) is 26.3 Å². The summed E-state index contributed by atoms with van der Waals surface area (Å²) in [5.41, 5.74) is 0.983. The fourth-order valence-electron chi connectivity index (χ4n) is 0.983. The molecule has 0 unspecified atom stereocenters. The monoisotopic (exact) mass is 254 g/mol. The molecule has 0 spiro atoms. The van der Waals surface area contributed by atoms with E-state index in [-0.39, 0.29) is 12.4 Å². The fraction of sp³-hybridized carbons (Fsp3) is 0.182. The standard InChI is InChI=1S/C11H11BrO2/c1-14-8-10(13)7-6-9-4-2-3-5-11(9)12/h2-7H,8H2,1H3/b7-6+. The van der Waals surface area contributed by atoms with Crippen molar-refractivity contribution in [3.63, 3.8) is 0 Å². The maximum Gasteiger partial charge on any atom is 0.181 e. The summed E-state index contributed by atoms with van der Waals surface area (Å²) in [6.07, 6.45) is 3.29. The first kappa shape index (κ1) is 11.1. The van der Waals surface area contributed by atoms with Crippen LogP contribution in [0.3, 0.4) is 0 Å². The van der Waals surface area contributed by atoms with E-state index in [1.807, 2.05) is 24.3 Å². The molecule has 74 valence electrons. The maximum atomic E-state index is 11.1. The number of carbonyl (C=O) groups excluding carboxylic acids is 1. The number of ketones is 1. The summed E-state index contributed by atoms with van der Waals surface area (Å²) in [6, 6.07) is 7.71. The number of benzene rings is 1. The van der Waals surface area contributed by atoms with Gasteiger partial charge in [-0.25, -0.2) is 0 Å². The van der Waals surface area contributed by atoms with E-state index >= 15 is 0 Å². The molecule has 0 saturated carbocycles. The number of methoxy groups -OCH3 is 1. The number of hydrogen-bond donors (Lipinski definition) is 0. The highest BCUT2D eigenvalue weighted by Gasteiger charge is 1.96. The molecule has 0 atom stereocenters. The minimum atomic E-state index is -0.0387. The van der Waals surface area contributed by atoms with Gasteiger partial charge in [0.25, 0.3) is 0 Å². The highest BCUT2D eigenvalue weighted by atomic mass is 79.9. The zero-order valence-electron chi connectivity index (χ0n) is 7.87. The van der Waals surface area contributed by atoms with Crippen molar-refractivity contribution in [2.45, 2.75) is 0 Å². The van der Waals surface area contributed by atoms with E-state index in [2.05, 4.69) is 15.9 Å². The average molecular weight is 255 g/mol. The Bertz CT molecular complexity index is 345. The van der Waals surface area contributed by atoms with Crippen LogP contribution in [0.15, 0.2) is 34.8 Å². The zero-order valence-corrected chi connectivity index (χ0v) is 9.45. The molecule has 0 aromatic heterocycles. The molecule has 3 heteroatoms. The van der Waals surface area contributed by atoms with Crippen LogP contribution in [0, 0.1) is 0 Å². The molecule has 14 heavy (non-hydrogen) atoms. The van der Waals surface area contributed by atoms with Gasteiger partial charge in [0.1, 0.15) is 6.61 Å². The van der Waals surface area contributed by atoms with Crippen molar-refractivity contribution >= 4 is 27.8 Å². The lowest BCUT2D eigenvalue weighted by molar-refractivity contribution is -0.117. The van der Waals surface area contributed by atoms with E-state index in [9.17, 15) is 4.79 Å². The molecule has 0 aliphatic carbocycles. The summed E-state index contributed by atoms with van der Waals surface area (Å²) in [5.74, 6) is -0.0387. The Kier molecular flexibility index (Phi) is 4.56. The Balaban J connectivity index is 2.69. The van der Waals surface area contributed by atoms with E-state index in [4.69, 9.17) is 4.74 Å². The summed E-state index contributed by atoms with van der Waals surface area (Å²) >= 11 is 3.39. The third kappa shape index (κ3) is 3.44. The van der Waals surface area contributed by atoms with Gasteiger partial charge in [-0.1, -0.05) is 40.2 Å². The van der Waals surface area contributed by atoms with Crippen LogP contribution < -0.4 is 0 Å². The lowest BCUT2D eigenvalue weighted by Gasteiger charge is -1.96. The SMILES string of the molecule is COCC(=O)/C=C/c1ccccc1Br. The van der Waals surface area contributed by atoms with Crippen molar-refractivity contribution in [1.29, 1.82) is 0 Å². The molecule has 0 heterocycles. The molecule has 0 saturated heterocycles.